The van der Waals surface area contributed by atoms with E-state index in [2.05, 4.69) is 72.2 Å². The Kier molecular flexibility index (Phi) is 3.22. The van der Waals surface area contributed by atoms with Gasteiger partial charge in [0.25, 0.3) is 0 Å². The van der Waals surface area contributed by atoms with Crippen LogP contribution in [0.2, 0.25) is 0 Å². The predicted molar refractivity (Wildman–Crippen MR) is 92.1 cm³/mol. The van der Waals surface area contributed by atoms with E-state index in [0.29, 0.717) is 4.83 Å². The van der Waals surface area contributed by atoms with Gasteiger partial charge in [0, 0.05) is 4.83 Å². The summed E-state index contributed by atoms with van der Waals surface area (Å²) in [6.45, 7) is 4.42. The molecule has 2 aliphatic rings. The van der Waals surface area contributed by atoms with E-state index in [1.54, 1.807) is 11.1 Å². The summed E-state index contributed by atoms with van der Waals surface area (Å²) in [4.78, 5) is 0.499. The highest BCUT2D eigenvalue weighted by molar-refractivity contribution is 9.09. The quantitative estimate of drug-likeness (QED) is 0.613. The Hall–Kier alpha value is -1.08. The molecule has 0 spiro atoms. The minimum Gasteiger partial charge on any atom is -0.0835 e. The number of hydrogen-bond acceptors (Lipinski definition) is 0. The molecule has 0 N–H and O–H groups in total. The molecule has 2 aliphatic carbocycles. The van der Waals surface area contributed by atoms with Crippen LogP contribution in [0.3, 0.4) is 0 Å². The summed E-state index contributed by atoms with van der Waals surface area (Å²) in [5, 5.41) is 0. The minimum atomic E-state index is 0.499. The van der Waals surface area contributed by atoms with Crippen molar-refractivity contribution in [2.24, 2.45) is 11.8 Å². The smallest absolute Gasteiger partial charge is 0.0434 e. The van der Waals surface area contributed by atoms with Gasteiger partial charge in [-0.25, -0.2) is 0 Å². The molecular weight excluding hydrogens is 320 g/mol. The fraction of sp³-hybridized carbons (Fsp3) is 0.400. The molecule has 0 radical (unpaired) electrons. The van der Waals surface area contributed by atoms with Crippen molar-refractivity contribution >= 4 is 15.9 Å². The minimum absolute atomic E-state index is 0.499. The first-order chi connectivity index (χ1) is 10.2. The molecule has 1 heteroatoms. The Morgan fingerprint density at radius 3 is 2.71 bits per heavy atom. The van der Waals surface area contributed by atoms with Crippen LogP contribution < -0.4 is 0 Å². The Bertz CT molecular complexity index is 688. The lowest BCUT2D eigenvalue weighted by molar-refractivity contribution is 0.627. The molecule has 0 heterocycles. The van der Waals surface area contributed by atoms with E-state index in [1.807, 2.05) is 0 Å². The van der Waals surface area contributed by atoms with Crippen LogP contribution in [0.5, 0.6) is 0 Å². The maximum atomic E-state index is 4.03. The molecular formula is C20H21Br. The number of hydrogen-bond donors (Lipinski definition) is 0. The number of rotatable bonds is 2. The number of benzene rings is 2. The third kappa shape index (κ3) is 2.17. The van der Waals surface area contributed by atoms with Crippen molar-refractivity contribution in [2.45, 2.75) is 37.4 Å². The van der Waals surface area contributed by atoms with Gasteiger partial charge in [-0.1, -0.05) is 64.0 Å². The highest BCUT2D eigenvalue weighted by Gasteiger charge is 2.56. The Morgan fingerprint density at radius 2 is 1.90 bits per heavy atom. The Balaban J connectivity index is 1.65. The molecule has 0 bridgehead atoms. The van der Waals surface area contributed by atoms with Gasteiger partial charge in [0.1, 0.15) is 0 Å². The number of halogens is 1. The normalized spacial score (nSPS) is 27.7. The van der Waals surface area contributed by atoms with Gasteiger partial charge in [-0.15, -0.1) is 0 Å². The first kappa shape index (κ1) is 13.6. The van der Waals surface area contributed by atoms with Crippen molar-refractivity contribution in [1.82, 2.24) is 0 Å². The molecule has 21 heavy (non-hydrogen) atoms. The molecule has 0 saturated heterocycles. The van der Waals surface area contributed by atoms with E-state index in [4.69, 9.17) is 0 Å². The number of alkyl halides is 1. The van der Waals surface area contributed by atoms with Gasteiger partial charge >= 0.3 is 0 Å². The molecule has 2 aromatic carbocycles. The monoisotopic (exact) mass is 340 g/mol. The molecule has 2 aromatic rings. The lowest BCUT2D eigenvalue weighted by Gasteiger charge is -2.14. The van der Waals surface area contributed by atoms with Crippen molar-refractivity contribution in [1.29, 1.82) is 0 Å². The molecule has 1 fully saturated rings. The fourth-order valence-electron chi connectivity index (χ4n) is 4.36. The lowest BCUT2D eigenvalue weighted by atomic mass is 9.92. The average molecular weight is 341 g/mol. The first-order valence-electron chi connectivity index (χ1n) is 7.96. The third-order valence-corrected chi connectivity index (χ3v) is 6.55. The number of aryl methyl sites for hydroxylation is 3. The van der Waals surface area contributed by atoms with Gasteiger partial charge in [-0.05, 0) is 66.7 Å². The molecule has 0 aliphatic heterocycles. The zero-order valence-electron chi connectivity index (χ0n) is 12.6. The first-order valence-corrected chi connectivity index (χ1v) is 8.87. The van der Waals surface area contributed by atoms with E-state index >= 15 is 0 Å². The van der Waals surface area contributed by atoms with Crippen molar-refractivity contribution < 1.29 is 0 Å². The SMILES string of the molecule is Cc1ccc(C(Br)C2C3CCc4ccccc4C32)c(C)c1. The summed E-state index contributed by atoms with van der Waals surface area (Å²) < 4.78 is 0. The van der Waals surface area contributed by atoms with Gasteiger partial charge < -0.3 is 0 Å². The Labute approximate surface area is 135 Å². The van der Waals surface area contributed by atoms with Gasteiger partial charge in [-0.2, -0.15) is 0 Å². The molecule has 0 aromatic heterocycles. The summed E-state index contributed by atoms with van der Waals surface area (Å²) in [6.07, 6.45) is 2.62. The van der Waals surface area contributed by atoms with Crippen molar-refractivity contribution in [3.8, 4) is 0 Å². The van der Waals surface area contributed by atoms with Crippen LogP contribution in [0.25, 0.3) is 0 Å². The fourth-order valence-corrected chi connectivity index (χ4v) is 5.60. The molecule has 108 valence electrons. The second-order valence-electron chi connectivity index (χ2n) is 6.77. The highest BCUT2D eigenvalue weighted by Crippen LogP contribution is 2.66. The van der Waals surface area contributed by atoms with Crippen molar-refractivity contribution in [2.75, 3.05) is 0 Å². The summed E-state index contributed by atoms with van der Waals surface area (Å²) in [6, 6.07) is 15.9. The van der Waals surface area contributed by atoms with Crippen LogP contribution in [-0.4, -0.2) is 0 Å². The molecule has 4 unspecified atom stereocenters. The maximum absolute atomic E-state index is 4.03. The summed E-state index contributed by atoms with van der Waals surface area (Å²) in [5.41, 5.74) is 7.47. The predicted octanol–water partition coefficient (Wildman–Crippen LogP) is 5.72. The van der Waals surface area contributed by atoms with Crippen LogP contribution in [-0.2, 0) is 6.42 Å². The van der Waals surface area contributed by atoms with Crippen LogP contribution >= 0.6 is 15.9 Å². The lowest BCUT2D eigenvalue weighted by Crippen LogP contribution is -2.00. The zero-order valence-corrected chi connectivity index (χ0v) is 14.2. The molecule has 4 atom stereocenters. The van der Waals surface area contributed by atoms with Crippen LogP contribution in [0.1, 0.15) is 45.0 Å². The average Bonchev–Trinajstić information content (AvgIpc) is 3.21. The second kappa shape index (κ2) is 4.98. The van der Waals surface area contributed by atoms with E-state index in [1.165, 1.54) is 29.5 Å². The summed E-state index contributed by atoms with van der Waals surface area (Å²) in [5.74, 6) is 2.43. The highest BCUT2D eigenvalue weighted by atomic mass is 79.9. The molecule has 1 saturated carbocycles. The van der Waals surface area contributed by atoms with Crippen molar-refractivity contribution in [3.63, 3.8) is 0 Å². The topological polar surface area (TPSA) is 0 Å². The summed E-state index contributed by atoms with van der Waals surface area (Å²) in [7, 11) is 0. The van der Waals surface area contributed by atoms with E-state index in [-0.39, 0.29) is 0 Å². The number of fused-ring (bicyclic) bond motifs is 3. The Morgan fingerprint density at radius 1 is 1.10 bits per heavy atom. The van der Waals surface area contributed by atoms with Gasteiger partial charge in [0.15, 0.2) is 0 Å². The van der Waals surface area contributed by atoms with Crippen LogP contribution in [0.15, 0.2) is 42.5 Å². The summed E-state index contributed by atoms with van der Waals surface area (Å²) >= 11 is 4.03. The zero-order chi connectivity index (χ0) is 14.6. The van der Waals surface area contributed by atoms with Crippen LogP contribution in [0, 0.1) is 25.7 Å². The standard InChI is InChI=1S/C20H21Br/c1-12-7-9-15(13(2)11-12)20(21)19-17-10-8-14-5-3-4-6-16(14)18(17)19/h3-7,9,11,17-20H,8,10H2,1-2H3. The maximum Gasteiger partial charge on any atom is 0.0434 e. The largest absolute Gasteiger partial charge is 0.0835 e. The van der Waals surface area contributed by atoms with Crippen molar-refractivity contribution in [3.05, 3.63) is 70.3 Å². The van der Waals surface area contributed by atoms with E-state index < -0.39 is 0 Å². The van der Waals surface area contributed by atoms with E-state index in [0.717, 1.165) is 17.8 Å². The van der Waals surface area contributed by atoms with Gasteiger partial charge in [0.2, 0.25) is 0 Å². The third-order valence-electron chi connectivity index (χ3n) is 5.45. The molecule has 4 rings (SSSR count). The second-order valence-corrected chi connectivity index (χ2v) is 7.75. The van der Waals surface area contributed by atoms with Crippen LogP contribution in [0.4, 0.5) is 0 Å². The molecule has 0 nitrogen and oxygen atoms in total. The molecule has 0 amide bonds. The van der Waals surface area contributed by atoms with E-state index in [9.17, 15) is 0 Å². The van der Waals surface area contributed by atoms with Gasteiger partial charge in [-0.3, -0.25) is 0 Å². The van der Waals surface area contributed by atoms with Gasteiger partial charge in [0.05, 0.1) is 0 Å².